The van der Waals surface area contributed by atoms with Crippen molar-refractivity contribution in [2.24, 2.45) is 0 Å². The summed E-state index contributed by atoms with van der Waals surface area (Å²) in [5, 5.41) is 3.27. The Bertz CT molecular complexity index is 937. The molecule has 1 aromatic heterocycles. The van der Waals surface area contributed by atoms with E-state index in [1.807, 2.05) is 38.1 Å². The largest absolute Gasteiger partial charge is 0.494 e. The first kappa shape index (κ1) is 17.0. The fraction of sp³-hybridized carbons (Fsp3) is 0.222. The van der Waals surface area contributed by atoms with Gasteiger partial charge in [-0.05, 0) is 31.5 Å². The minimum Gasteiger partial charge on any atom is -0.494 e. The van der Waals surface area contributed by atoms with Crippen LogP contribution in [-0.2, 0) is 4.79 Å². The number of aryl methyl sites for hydroxylation is 2. The molecule has 1 heterocycles. The molecule has 0 fully saturated rings. The van der Waals surface area contributed by atoms with Crippen molar-refractivity contribution in [3.63, 3.8) is 0 Å². The second-order valence-corrected chi connectivity index (χ2v) is 6.75. The molecule has 130 valence electrons. The predicted molar refractivity (Wildman–Crippen MR) is 101 cm³/mol. The van der Waals surface area contributed by atoms with Crippen molar-refractivity contribution in [1.82, 2.24) is 4.98 Å². The molecule has 3 aromatic rings. The molecule has 0 saturated carbocycles. The van der Waals surface area contributed by atoms with E-state index >= 15 is 0 Å². The molecule has 7 heteroatoms. The van der Waals surface area contributed by atoms with Gasteiger partial charge < -0.3 is 20.5 Å². The molecule has 0 saturated heterocycles. The fourth-order valence-electron chi connectivity index (χ4n) is 2.55. The average molecular weight is 357 g/mol. The third-order valence-electron chi connectivity index (χ3n) is 3.67. The molecule has 6 nitrogen and oxygen atoms in total. The van der Waals surface area contributed by atoms with Crippen molar-refractivity contribution in [3.8, 4) is 11.5 Å². The first-order valence-electron chi connectivity index (χ1n) is 7.70. The molecule has 25 heavy (non-hydrogen) atoms. The molecule has 0 aliphatic rings. The van der Waals surface area contributed by atoms with Crippen LogP contribution in [0.5, 0.6) is 11.5 Å². The van der Waals surface area contributed by atoms with E-state index in [4.69, 9.17) is 15.2 Å². The van der Waals surface area contributed by atoms with E-state index < -0.39 is 0 Å². The number of hydrogen-bond acceptors (Lipinski definition) is 6. The Balaban J connectivity index is 1.71. The maximum Gasteiger partial charge on any atom is 0.262 e. The number of aromatic nitrogens is 1. The molecule has 3 rings (SSSR count). The van der Waals surface area contributed by atoms with Gasteiger partial charge in [0.25, 0.3) is 5.91 Å². The molecule has 0 spiro atoms. The van der Waals surface area contributed by atoms with E-state index in [0.29, 0.717) is 27.8 Å². The number of fused-ring (bicyclic) bond motifs is 1. The number of thiazole rings is 1. The van der Waals surface area contributed by atoms with Crippen molar-refractivity contribution in [1.29, 1.82) is 0 Å². The summed E-state index contributed by atoms with van der Waals surface area (Å²) in [6.45, 7) is 3.89. The second-order valence-electron chi connectivity index (χ2n) is 5.68. The van der Waals surface area contributed by atoms with Gasteiger partial charge in [-0.3, -0.25) is 4.79 Å². The molecule has 3 N–H and O–H groups in total. The van der Waals surface area contributed by atoms with Gasteiger partial charge >= 0.3 is 0 Å². The molecular formula is C18H19N3O3S. The summed E-state index contributed by atoms with van der Waals surface area (Å²) in [6.07, 6.45) is 0. The molecule has 1 amide bonds. The number of benzene rings is 2. The number of ether oxygens (including phenoxy) is 2. The van der Waals surface area contributed by atoms with Gasteiger partial charge in [0.1, 0.15) is 17.0 Å². The van der Waals surface area contributed by atoms with E-state index in [9.17, 15) is 4.79 Å². The molecule has 0 aliphatic heterocycles. The maximum absolute atomic E-state index is 12.2. The van der Waals surface area contributed by atoms with E-state index in [0.717, 1.165) is 15.8 Å². The zero-order chi connectivity index (χ0) is 18.0. The third kappa shape index (κ3) is 3.83. The lowest BCUT2D eigenvalue weighted by molar-refractivity contribution is -0.118. The number of nitrogen functional groups attached to an aromatic ring is 1. The quantitative estimate of drug-likeness (QED) is 0.729. The Kier molecular flexibility index (Phi) is 4.76. The van der Waals surface area contributed by atoms with Crippen molar-refractivity contribution < 1.29 is 14.3 Å². The van der Waals surface area contributed by atoms with E-state index in [-0.39, 0.29) is 12.5 Å². The Hall–Kier alpha value is -2.80. The Morgan fingerprint density at radius 3 is 2.76 bits per heavy atom. The fourth-order valence-corrected chi connectivity index (χ4v) is 3.34. The minimum absolute atomic E-state index is 0.0743. The second kappa shape index (κ2) is 6.98. The molecule has 0 atom stereocenters. The normalized spacial score (nSPS) is 10.7. The highest BCUT2D eigenvalue weighted by atomic mass is 32.1. The van der Waals surface area contributed by atoms with Crippen LogP contribution in [0.4, 0.5) is 10.8 Å². The smallest absolute Gasteiger partial charge is 0.262 e. The summed E-state index contributed by atoms with van der Waals surface area (Å²) >= 11 is 1.34. The molecular weight excluding hydrogens is 338 g/mol. The van der Waals surface area contributed by atoms with Crippen LogP contribution < -0.4 is 20.5 Å². The van der Waals surface area contributed by atoms with Crippen molar-refractivity contribution in [2.75, 3.05) is 24.8 Å². The van der Waals surface area contributed by atoms with Crippen LogP contribution in [0.1, 0.15) is 11.1 Å². The minimum atomic E-state index is -0.251. The SMILES string of the molecule is COc1cc(NC(=O)COc2ccc(C)cc2C)cc2sc(N)nc12. The van der Waals surface area contributed by atoms with Gasteiger partial charge in [-0.1, -0.05) is 29.0 Å². The van der Waals surface area contributed by atoms with Crippen molar-refractivity contribution >= 4 is 38.3 Å². The summed E-state index contributed by atoms with van der Waals surface area (Å²) in [5.74, 6) is 1.01. The first-order chi connectivity index (χ1) is 12.0. The highest BCUT2D eigenvalue weighted by molar-refractivity contribution is 7.22. The van der Waals surface area contributed by atoms with Gasteiger partial charge in [0.2, 0.25) is 0 Å². The van der Waals surface area contributed by atoms with Crippen LogP contribution >= 0.6 is 11.3 Å². The van der Waals surface area contributed by atoms with Gasteiger partial charge in [-0.2, -0.15) is 0 Å². The molecule has 0 radical (unpaired) electrons. The number of nitrogens with one attached hydrogen (secondary N) is 1. The van der Waals surface area contributed by atoms with Crippen LogP contribution in [0, 0.1) is 13.8 Å². The molecule has 0 bridgehead atoms. The number of nitrogens with two attached hydrogens (primary N) is 1. The van der Waals surface area contributed by atoms with Gasteiger partial charge in [0.05, 0.1) is 11.8 Å². The van der Waals surface area contributed by atoms with Crippen LogP contribution in [0.15, 0.2) is 30.3 Å². The first-order valence-corrected chi connectivity index (χ1v) is 8.52. The van der Waals surface area contributed by atoms with E-state index in [2.05, 4.69) is 10.3 Å². The number of amides is 1. The van der Waals surface area contributed by atoms with Gasteiger partial charge in [-0.25, -0.2) is 4.98 Å². The number of anilines is 2. The van der Waals surface area contributed by atoms with Gasteiger partial charge in [0.15, 0.2) is 11.7 Å². The molecule has 0 unspecified atom stereocenters. The lowest BCUT2D eigenvalue weighted by Gasteiger charge is -2.11. The maximum atomic E-state index is 12.2. The van der Waals surface area contributed by atoms with Crippen LogP contribution in [0.2, 0.25) is 0 Å². The zero-order valence-corrected chi connectivity index (χ0v) is 15.1. The standard InChI is InChI=1S/C18H19N3O3S/c1-10-4-5-13(11(2)6-10)24-9-16(22)20-12-7-14(23-3)17-15(8-12)25-18(19)21-17/h4-8H,9H2,1-3H3,(H2,19,21)(H,20,22). The van der Waals surface area contributed by atoms with Gasteiger partial charge in [0, 0.05) is 11.8 Å². The van der Waals surface area contributed by atoms with E-state index in [1.165, 1.54) is 11.3 Å². The number of methoxy groups -OCH3 is 1. The number of nitrogens with zero attached hydrogens (tertiary/aromatic N) is 1. The summed E-state index contributed by atoms with van der Waals surface area (Å²) in [4.78, 5) is 16.4. The number of carbonyl (C=O) groups excluding carboxylic acids is 1. The predicted octanol–water partition coefficient (Wildman–Crippen LogP) is 3.52. The molecule has 0 aliphatic carbocycles. The number of hydrogen-bond donors (Lipinski definition) is 2. The van der Waals surface area contributed by atoms with E-state index in [1.54, 1.807) is 13.2 Å². The summed E-state index contributed by atoms with van der Waals surface area (Å²) in [7, 11) is 1.55. The van der Waals surface area contributed by atoms with Gasteiger partial charge in [-0.15, -0.1) is 0 Å². The van der Waals surface area contributed by atoms with Crippen molar-refractivity contribution in [3.05, 3.63) is 41.5 Å². The van der Waals surface area contributed by atoms with Crippen LogP contribution in [-0.4, -0.2) is 24.6 Å². The lowest BCUT2D eigenvalue weighted by atomic mass is 10.1. The number of carbonyl (C=O) groups is 1. The van der Waals surface area contributed by atoms with Crippen LogP contribution in [0.3, 0.4) is 0 Å². The monoisotopic (exact) mass is 357 g/mol. The zero-order valence-electron chi connectivity index (χ0n) is 14.3. The highest BCUT2D eigenvalue weighted by Gasteiger charge is 2.12. The Labute approximate surface area is 149 Å². The third-order valence-corrected chi connectivity index (χ3v) is 4.50. The number of rotatable bonds is 5. The summed E-state index contributed by atoms with van der Waals surface area (Å²) in [5.41, 5.74) is 9.20. The Morgan fingerprint density at radius 1 is 1.24 bits per heavy atom. The Morgan fingerprint density at radius 2 is 2.04 bits per heavy atom. The average Bonchev–Trinajstić information content (AvgIpc) is 2.93. The summed E-state index contributed by atoms with van der Waals surface area (Å²) in [6, 6.07) is 9.37. The lowest BCUT2D eigenvalue weighted by Crippen LogP contribution is -2.20. The summed E-state index contributed by atoms with van der Waals surface area (Å²) < 4.78 is 11.8. The van der Waals surface area contributed by atoms with Crippen molar-refractivity contribution in [2.45, 2.75) is 13.8 Å². The highest BCUT2D eigenvalue weighted by Crippen LogP contribution is 2.34. The topological polar surface area (TPSA) is 86.5 Å². The van der Waals surface area contributed by atoms with Crippen LogP contribution in [0.25, 0.3) is 10.2 Å². The molecule has 2 aromatic carbocycles.